The first-order valence-corrected chi connectivity index (χ1v) is 11.6. The van der Waals surface area contributed by atoms with Gasteiger partial charge in [-0.15, -0.1) is 0 Å². The molecule has 35 heavy (non-hydrogen) atoms. The highest BCUT2D eigenvalue weighted by atomic mass is 16.5. The van der Waals surface area contributed by atoms with Crippen LogP contribution in [0.3, 0.4) is 0 Å². The highest BCUT2D eigenvalue weighted by Crippen LogP contribution is 2.37. The van der Waals surface area contributed by atoms with Gasteiger partial charge in [0.2, 0.25) is 5.91 Å². The van der Waals surface area contributed by atoms with Crippen molar-refractivity contribution in [3.63, 3.8) is 0 Å². The van der Waals surface area contributed by atoms with Crippen LogP contribution in [0.2, 0.25) is 0 Å². The fraction of sp³-hybridized carbons (Fsp3) is 0.333. The number of nitrogens with one attached hydrogen (secondary N) is 1. The summed E-state index contributed by atoms with van der Waals surface area (Å²) in [4.78, 5) is 29.1. The van der Waals surface area contributed by atoms with E-state index >= 15 is 0 Å². The number of carbonyl (C=O) groups excluding carboxylic acids is 2. The fourth-order valence-electron chi connectivity index (χ4n) is 4.46. The van der Waals surface area contributed by atoms with Gasteiger partial charge in [0.05, 0.1) is 27.6 Å². The Morgan fingerprint density at radius 2 is 1.71 bits per heavy atom. The minimum absolute atomic E-state index is 0.0709. The molecular weight excluding hydrogens is 448 g/mol. The molecule has 2 aromatic carbocycles. The van der Waals surface area contributed by atoms with E-state index in [9.17, 15) is 9.59 Å². The van der Waals surface area contributed by atoms with Crippen molar-refractivity contribution in [2.24, 2.45) is 0 Å². The number of methoxy groups -OCH3 is 3. The van der Waals surface area contributed by atoms with Crippen molar-refractivity contribution in [2.75, 3.05) is 26.2 Å². The van der Waals surface area contributed by atoms with Crippen molar-refractivity contribution in [1.82, 2.24) is 5.32 Å². The van der Waals surface area contributed by atoms with E-state index in [1.54, 1.807) is 55.6 Å². The maximum absolute atomic E-state index is 13.8. The Hall–Kier alpha value is -3.94. The van der Waals surface area contributed by atoms with Crippen molar-refractivity contribution in [1.29, 1.82) is 0 Å². The molecule has 1 aromatic heterocycles. The Balaban J connectivity index is 1.86. The van der Waals surface area contributed by atoms with Crippen molar-refractivity contribution in [3.05, 3.63) is 72.2 Å². The Kier molecular flexibility index (Phi) is 7.60. The topological polar surface area (TPSA) is 90.2 Å². The van der Waals surface area contributed by atoms with Crippen molar-refractivity contribution in [2.45, 2.75) is 37.8 Å². The van der Waals surface area contributed by atoms with Crippen LogP contribution in [0.25, 0.3) is 0 Å². The molecule has 1 saturated carbocycles. The summed E-state index contributed by atoms with van der Waals surface area (Å²) in [5.74, 6) is 0.898. The number of anilines is 1. The molecule has 1 unspecified atom stereocenters. The van der Waals surface area contributed by atoms with Crippen LogP contribution in [0.1, 0.15) is 47.8 Å². The summed E-state index contributed by atoms with van der Waals surface area (Å²) in [6.45, 7) is 0. The standard InChI is InChI=1S/C27H30N2O6/c1-32-21-11-6-8-18(16-21)25(26(30)28-19-9-4-5-10-19)29(27(31)23-12-7-15-35-23)20-13-14-22(33-2)24(17-20)34-3/h6-8,11-17,19,25H,4-5,9-10H2,1-3H3,(H,28,30). The summed E-state index contributed by atoms with van der Waals surface area (Å²) in [6, 6.07) is 14.6. The van der Waals surface area contributed by atoms with E-state index in [2.05, 4.69) is 5.32 Å². The third-order valence-corrected chi connectivity index (χ3v) is 6.21. The molecule has 1 aliphatic rings. The number of carbonyl (C=O) groups is 2. The van der Waals surface area contributed by atoms with Gasteiger partial charge in [0.15, 0.2) is 17.3 Å². The third-order valence-electron chi connectivity index (χ3n) is 6.21. The number of nitrogens with zero attached hydrogens (tertiary/aromatic N) is 1. The number of benzene rings is 2. The van der Waals surface area contributed by atoms with Gasteiger partial charge in [-0.05, 0) is 54.8 Å². The van der Waals surface area contributed by atoms with Crippen molar-refractivity contribution < 1.29 is 28.2 Å². The molecule has 1 heterocycles. The molecule has 1 fully saturated rings. The average Bonchev–Trinajstić information content (AvgIpc) is 3.61. The number of amides is 2. The predicted octanol–water partition coefficient (Wildman–Crippen LogP) is 4.75. The zero-order valence-electron chi connectivity index (χ0n) is 20.2. The molecule has 3 aromatic rings. The molecule has 184 valence electrons. The largest absolute Gasteiger partial charge is 0.497 e. The van der Waals surface area contributed by atoms with Crippen LogP contribution >= 0.6 is 0 Å². The second-order valence-corrected chi connectivity index (χ2v) is 8.36. The Bertz CT molecular complexity index is 1150. The minimum atomic E-state index is -0.985. The Labute approximate surface area is 204 Å². The molecule has 8 nitrogen and oxygen atoms in total. The van der Waals surface area contributed by atoms with Gasteiger partial charge in [-0.25, -0.2) is 0 Å². The third kappa shape index (κ3) is 5.26. The van der Waals surface area contributed by atoms with Gasteiger partial charge in [-0.3, -0.25) is 14.5 Å². The SMILES string of the molecule is COc1cccc(C(C(=O)NC2CCCC2)N(C(=O)c2ccco2)c2ccc(OC)c(OC)c2)c1. The molecule has 0 aliphatic heterocycles. The van der Waals surface area contributed by atoms with E-state index in [0.717, 1.165) is 25.7 Å². The van der Waals surface area contributed by atoms with Crippen LogP contribution in [0.15, 0.2) is 65.3 Å². The molecule has 0 spiro atoms. The molecule has 0 bridgehead atoms. The molecule has 1 atom stereocenters. The molecule has 0 saturated heterocycles. The molecule has 1 N–H and O–H groups in total. The van der Waals surface area contributed by atoms with Gasteiger partial charge >= 0.3 is 0 Å². The van der Waals surface area contributed by atoms with Crippen LogP contribution in [-0.2, 0) is 4.79 Å². The van der Waals surface area contributed by atoms with Gasteiger partial charge in [0, 0.05) is 17.8 Å². The maximum Gasteiger partial charge on any atom is 0.294 e. The normalized spacial score (nSPS) is 14.3. The van der Waals surface area contributed by atoms with E-state index in [1.165, 1.54) is 25.4 Å². The van der Waals surface area contributed by atoms with Crippen LogP contribution in [-0.4, -0.2) is 39.2 Å². The fourth-order valence-corrected chi connectivity index (χ4v) is 4.46. The van der Waals surface area contributed by atoms with Gasteiger partial charge in [0.1, 0.15) is 11.8 Å². The van der Waals surface area contributed by atoms with Gasteiger partial charge in [0.25, 0.3) is 5.91 Å². The highest BCUT2D eigenvalue weighted by Gasteiger charge is 2.36. The first-order chi connectivity index (χ1) is 17.0. The van der Waals surface area contributed by atoms with Gasteiger partial charge < -0.3 is 23.9 Å². The average molecular weight is 479 g/mol. The quantitative estimate of drug-likeness (QED) is 0.477. The van der Waals surface area contributed by atoms with Crippen molar-refractivity contribution >= 4 is 17.5 Å². The van der Waals surface area contributed by atoms with E-state index in [4.69, 9.17) is 18.6 Å². The summed E-state index contributed by atoms with van der Waals surface area (Å²) < 4.78 is 21.7. The molecule has 4 rings (SSSR count). The van der Waals surface area contributed by atoms with E-state index in [1.807, 2.05) is 6.07 Å². The second kappa shape index (κ2) is 11.0. The van der Waals surface area contributed by atoms with Crippen LogP contribution < -0.4 is 24.4 Å². The lowest BCUT2D eigenvalue weighted by molar-refractivity contribution is -0.123. The maximum atomic E-state index is 13.8. The molecule has 0 radical (unpaired) electrons. The van der Waals surface area contributed by atoms with Crippen LogP contribution in [0, 0.1) is 0 Å². The second-order valence-electron chi connectivity index (χ2n) is 8.36. The molecular formula is C27H30N2O6. The summed E-state index contributed by atoms with van der Waals surface area (Å²) in [5, 5.41) is 3.16. The lowest BCUT2D eigenvalue weighted by atomic mass is 10.0. The summed E-state index contributed by atoms with van der Waals surface area (Å²) in [6.07, 6.45) is 5.40. The summed E-state index contributed by atoms with van der Waals surface area (Å²) in [7, 11) is 4.62. The lowest BCUT2D eigenvalue weighted by Crippen LogP contribution is -2.46. The van der Waals surface area contributed by atoms with Gasteiger partial charge in [-0.1, -0.05) is 25.0 Å². The van der Waals surface area contributed by atoms with E-state index in [0.29, 0.717) is 28.5 Å². The van der Waals surface area contributed by atoms with Crippen molar-refractivity contribution in [3.8, 4) is 17.2 Å². The number of ether oxygens (including phenoxy) is 3. The number of furan rings is 1. The summed E-state index contributed by atoms with van der Waals surface area (Å²) >= 11 is 0. The first kappa shape index (κ1) is 24.2. The smallest absolute Gasteiger partial charge is 0.294 e. The minimum Gasteiger partial charge on any atom is -0.497 e. The monoisotopic (exact) mass is 478 g/mol. The first-order valence-electron chi connectivity index (χ1n) is 11.6. The number of hydrogen-bond acceptors (Lipinski definition) is 6. The molecule has 1 aliphatic carbocycles. The predicted molar refractivity (Wildman–Crippen MR) is 131 cm³/mol. The zero-order chi connectivity index (χ0) is 24.8. The number of hydrogen-bond donors (Lipinski definition) is 1. The van der Waals surface area contributed by atoms with E-state index in [-0.39, 0.29) is 17.7 Å². The Morgan fingerprint density at radius 1 is 0.943 bits per heavy atom. The van der Waals surface area contributed by atoms with Gasteiger partial charge in [-0.2, -0.15) is 0 Å². The number of rotatable bonds is 9. The lowest BCUT2D eigenvalue weighted by Gasteiger charge is -2.32. The molecule has 2 amide bonds. The zero-order valence-corrected chi connectivity index (χ0v) is 20.2. The van der Waals surface area contributed by atoms with Crippen LogP contribution in [0.4, 0.5) is 5.69 Å². The molecule has 8 heteroatoms. The highest BCUT2D eigenvalue weighted by molar-refractivity contribution is 6.08. The Morgan fingerprint density at radius 3 is 2.37 bits per heavy atom. The van der Waals surface area contributed by atoms with E-state index < -0.39 is 11.9 Å². The van der Waals surface area contributed by atoms with Crippen LogP contribution in [0.5, 0.6) is 17.2 Å². The summed E-state index contributed by atoms with van der Waals surface area (Å²) in [5.41, 5.74) is 1.06.